The van der Waals surface area contributed by atoms with Gasteiger partial charge >= 0.3 is 28.1 Å². The molecule has 0 fully saturated rings. The molecule has 6 heavy (non-hydrogen) atoms. The van der Waals surface area contributed by atoms with Gasteiger partial charge in [0.2, 0.25) is 0 Å². The van der Waals surface area contributed by atoms with Gasteiger partial charge in [0.15, 0.2) is 0 Å². The highest BCUT2D eigenvalue weighted by Gasteiger charge is 2.07. The van der Waals surface area contributed by atoms with E-state index >= 15 is 0 Å². The third-order valence-electron chi connectivity index (χ3n) is 0.113. The van der Waals surface area contributed by atoms with Crippen molar-refractivity contribution in [1.82, 2.24) is 0 Å². The van der Waals surface area contributed by atoms with Gasteiger partial charge in [0.05, 0.1) is 9.57 Å². The first-order chi connectivity index (χ1) is 2.81. The van der Waals surface area contributed by atoms with Crippen LogP contribution in [0.5, 0.6) is 0 Å². The molecule has 0 amide bonds. The van der Waals surface area contributed by atoms with E-state index in [1.54, 1.807) is 0 Å². The molecule has 0 aromatic rings. The minimum absolute atomic E-state index is 0.680. The molecule has 0 rings (SSSR count). The maximum atomic E-state index is 10.4. The van der Waals surface area contributed by atoms with E-state index in [-0.39, 0.29) is 0 Å². The topological polar surface area (TPSA) is 38.5 Å². The quantitative estimate of drug-likeness (QED) is 0.498. The molecular formula is FINO3+. The first-order valence-electron chi connectivity index (χ1n) is 0.856. The third kappa shape index (κ3) is 2.12. The lowest BCUT2D eigenvalue weighted by Crippen LogP contribution is -1.94. The van der Waals surface area contributed by atoms with Gasteiger partial charge in [0, 0.05) is 0 Å². The zero-order chi connectivity index (χ0) is 4.99. The average molecular weight is 208 g/mol. The summed E-state index contributed by atoms with van der Waals surface area (Å²) in [5, 5.41) is 1.77. The standard InChI is InChI=1S/FINO3/c1-5-3(4)6-2/q+1. The summed E-state index contributed by atoms with van der Waals surface area (Å²) in [4.78, 5) is 9.27. The summed E-state index contributed by atoms with van der Waals surface area (Å²) in [6.45, 7) is 0. The summed E-state index contributed by atoms with van der Waals surface area (Å²) in [5.74, 6) is 0. The Morgan fingerprint density at radius 3 is 2.33 bits per heavy atom. The van der Waals surface area contributed by atoms with Crippen molar-refractivity contribution in [2.45, 2.75) is 0 Å². The van der Waals surface area contributed by atoms with Crippen LogP contribution >= 0.6 is 23.0 Å². The fraction of sp³-hybridized carbons (Fsp3) is 0. The molecule has 0 aromatic carbocycles. The second-order valence-corrected chi connectivity index (χ2v) is 0.756. The van der Waals surface area contributed by atoms with E-state index in [4.69, 9.17) is 0 Å². The Bertz CT molecular complexity index is 48.8. The van der Waals surface area contributed by atoms with Crippen LogP contribution in [-0.4, -0.2) is 5.09 Å². The minimum atomic E-state index is -0.680. The molecule has 0 bridgehead atoms. The summed E-state index contributed by atoms with van der Waals surface area (Å²) in [6, 6.07) is 0. The molecule has 0 radical (unpaired) electrons. The highest BCUT2D eigenvalue weighted by Crippen LogP contribution is 1.86. The number of hydrogen-bond acceptors (Lipinski definition) is 3. The molecule has 0 saturated carbocycles. The molecule has 0 aliphatic heterocycles. The normalized spacial score (nSPS) is 7.00. The van der Waals surface area contributed by atoms with Gasteiger partial charge in [-0.15, -0.1) is 3.17 Å². The number of halogens is 2. The summed E-state index contributed by atoms with van der Waals surface area (Å²) in [6.07, 6.45) is 0. The van der Waals surface area contributed by atoms with E-state index in [9.17, 15) is 9.43 Å². The second kappa shape index (κ2) is 3.07. The lowest BCUT2D eigenvalue weighted by Gasteiger charge is -1.64. The van der Waals surface area contributed by atoms with Crippen LogP contribution in [-0.2, 0) is 8.21 Å². The van der Waals surface area contributed by atoms with Crippen LogP contribution < -0.4 is 0 Å². The highest BCUT2D eigenvalue weighted by molar-refractivity contribution is 14.1. The zero-order valence-corrected chi connectivity index (χ0v) is 4.59. The number of nitrogens with zero attached hydrogens (tertiary/aromatic N) is 1. The van der Waals surface area contributed by atoms with Crippen molar-refractivity contribution in [3.63, 3.8) is 0 Å². The van der Waals surface area contributed by atoms with Crippen LogP contribution in [0.3, 0.4) is 0 Å². The number of hydrogen-bond donors (Lipinski definition) is 0. The van der Waals surface area contributed by atoms with Gasteiger partial charge in [-0.1, -0.05) is 0 Å². The molecule has 0 atom stereocenters. The van der Waals surface area contributed by atoms with Gasteiger partial charge in [-0.25, -0.2) is 0 Å². The van der Waals surface area contributed by atoms with E-state index in [2.05, 4.69) is 8.21 Å². The van der Waals surface area contributed by atoms with Crippen LogP contribution in [0.15, 0.2) is 0 Å². The monoisotopic (exact) mass is 208 g/mol. The average Bonchev–Trinajstić information content (AvgIpc) is 1.65. The molecule has 4 nitrogen and oxygen atoms in total. The Morgan fingerprint density at radius 2 is 2.33 bits per heavy atom. The Kier molecular flexibility index (Phi) is 2.99. The largest absolute Gasteiger partial charge is 0.526 e. The smallest absolute Gasteiger partial charge is 0.114 e. The van der Waals surface area contributed by atoms with Gasteiger partial charge in [-0.05, 0) is 0 Å². The molecule has 36 valence electrons. The molecule has 0 aromatic heterocycles. The van der Waals surface area contributed by atoms with Gasteiger partial charge in [-0.2, -0.15) is 0 Å². The molecule has 0 saturated heterocycles. The first kappa shape index (κ1) is 5.86. The predicted octanol–water partition coefficient (Wildman–Crippen LogP) is 0.863. The Balaban J connectivity index is 2.99. The molecular weight excluding hydrogens is 208 g/mol. The Hall–Kier alpha value is -0.140. The Morgan fingerprint density at radius 1 is 1.83 bits per heavy atom. The van der Waals surface area contributed by atoms with Crippen molar-refractivity contribution in [1.29, 1.82) is 0 Å². The third-order valence-corrected chi connectivity index (χ3v) is 0.434. The summed E-state index contributed by atoms with van der Waals surface area (Å²) >= 11 is 1.16. The molecule has 0 aliphatic rings. The first-order valence-corrected chi connectivity index (χ1v) is 1.74. The number of rotatable bonds is 2. The molecule has 0 spiro atoms. The van der Waals surface area contributed by atoms with Gasteiger partial charge in [0.25, 0.3) is 0 Å². The van der Waals surface area contributed by atoms with Gasteiger partial charge < -0.3 is 0 Å². The molecule has 0 aliphatic carbocycles. The predicted molar refractivity (Wildman–Crippen MR) is 20.9 cm³/mol. The lowest BCUT2D eigenvalue weighted by atomic mass is 13.1. The fourth-order valence-electron chi connectivity index (χ4n) is 0.0106. The Labute approximate surface area is 46.3 Å². The minimum Gasteiger partial charge on any atom is -0.114 e. The molecule has 0 N–H and O–H groups in total. The van der Waals surface area contributed by atoms with E-state index in [0.29, 0.717) is 0 Å². The molecule has 0 heterocycles. The van der Waals surface area contributed by atoms with Gasteiger partial charge in [-0.3, -0.25) is 0 Å². The van der Waals surface area contributed by atoms with E-state index in [0.717, 1.165) is 23.0 Å². The SMILES string of the molecule is O=[N+](OF)OI. The second-order valence-electron chi connectivity index (χ2n) is 0.362. The van der Waals surface area contributed by atoms with Crippen molar-refractivity contribution < 1.29 is 17.8 Å². The van der Waals surface area contributed by atoms with Crippen LogP contribution in [0.2, 0.25) is 0 Å². The van der Waals surface area contributed by atoms with Crippen LogP contribution in [0.1, 0.15) is 0 Å². The summed E-state index contributed by atoms with van der Waals surface area (Å²) < 4.78 is 13.9. The van der Waals surface area contributed by atoms with Crippen LogP contribution in [0.25, 0.3) is 0 Å². The maximum Gasteiger partial charge on any atom is 0.526 e. The van der Waals surface area contributed by atoms with E-state index in [1.807, 2.05) is 0 Å². The van der Waals surface area contributed by atoms with Crippen molar-refractivity contribution in [3.05, 3.63) is 4.91 Å². The van der Waals surface area contributed by atoms with Crippen molar-refractivity contribution in [2.75, 3.05) is 0 Å². The molecule has 6 heteroatoms. The van der Waals surface area contributed by atoms with Crippen molar-refractivity contribution in [2.24, 2.45) is 0 Å². The lowest BCUT2D eigenvalue weighted by molar-refractivity contribution is -0.982. The van der Waals surface area contributed by atoms with E-state index in [1.165, 1.54) is 0 Å². The highest BCUT2D eigenvalue weighted by atomic mass is 127. The van der Waals surface area contributed by atoms with Crippen LogP contribution in [0.4, 0.5) is 4.53 Å². The summed E-state index contributed by atoms with van der Waals surface area (Å²) in [5.41, 5.74) is 0. The fourth-order valence-corrected chi connectivity index (χ4v) is 0.0714. The molecule has 0 unspecified atom stereocenters. The summed E-state index contributed by atoms with van der Waals surface area (Å²) in [7, 11) is 0. The van der Waals surface area contributed by atoms with Crippen LogP contribution in [0, 0.1) is 4.91 Å². The van der Waals surface area contributed by atoms with Gasteiger partial charge in [0.1, 0.15) is 4.91 Å². The zero-order valence-electron chi connectivity index (χ0n) is 2.43. The van der Waals surface area contributed by atoms with Crippen molar-refractivity contribution in [3.8, 4) is 0 Å². The maximum absolute atomic E-state index is 10.4. The van der Waals surface area contributed by atoms with E-state index < -0.39 is 5.09 Å². The van der Waals surface area contributed by atoms with Crippen molar-refractivity contribution >= 4 is 23.0 Å².